The van der Waals surface area contributed by atoms with Gasteiger partial charge < -0.3 is 10.0 Å². The van der Waals surface area contributed by atoms with Gasteiger partial charge in [0, 0.05) is 23.7 Å². The molecule has 1 saturated heterocycles. The molecule has 1 aromatic carbocycles. The van der Waals surface area contributed by atoms with Crippen molar-refractivity contribution in [2.75, 3.05) is 6.54 Å². The lowest BCUT2D eigenvalue weighted by molar-refractivity contribution is -0.147. The molecule has 2 aromatic rings. The first kappa shape index (κ1) is 13.5. The number of amides is 1. The minimum atomic E-state index is -1.12. The predicted molar refractivity (Wildman–Crippen MR) is 78.1 cm³/mol. The Labute approximate surface area is 122 Å². The summed E-state index contributed by atoms with van der Waals surface area (Å²) in [5, 5.41) is 10.2. The van der Waals surface area contributed by atoms with E-state index in [1.165, 1.54) is 4.90 Å². The van der Waals surface area contributed by atoms with Crippen LogP contribution in [0.5, 0.6) is 0 Å². The minimum absolute atomic E-state index is 0.240. The number of rotatable bonds is 2. The third-order valence-electron chi connectivity index (χ3n) is 4.22. The molecule has 5 nitrogen and oxygen atoms in total. The van der Waals surface area contributed by atoms with Crippen molar-refractivity contribution in [3.8, 4) is 0 Å². The van der Waals surface area contributed by atoms with Crippen LogP contribution < -0.4 is 0 Å². The lowest BCUT2D eigenvalue weighted by atomic mass is 9.98. The van der Waals surface area contributed by atoms with Gasteiger partial charge >= 0.3 is 5.97 Å². The van der Waals surface area contributed by atoms with E-state index in [0.717, 1.165) is 10.9 Å². The standard InChI is InChI=1S/C16H16N2O3/c1-16(15(20)21)8-4-10-18(16)14(19)12-5-2-7-13-11(12)6-3-9-17-13/h2-3,5-7,9H,4,8,10H2,1H3,(H,20,21). The summed E-state index contributed by atoms with van der Waals surface area (Å²) < 4.78 is 0. The van der Waals surface area contributed by atoms with Gasteiger partial charge in [0.15, 0.2) is 0 Å². The van der Waals surface area contributed by atoms with Gasteiger partial charge in [-0.3, -0.25) is 9.78 Å². The number of pyridine rings is 1. The minimum Gasteiger partial charge on any atom is -0.480 e. The summed E-state index contributed by atoms with van der Waals surface area (Å²) in [5.41, 5.74) is 0.121. The number of carboxylic acids is 1. The van der Waals surface area contributed by atoms with Crippen molar-refractivity contribution >= 4 is 22.8 Å². The Morgan fingerprint density at radius 3 is 2.86 bits per heavy atom. The number of carbonyl (C=O) groups is 2. The molecule has 1 aliphatic rings. The van der Waals surface area contributed by atoms with Crippen LogP contribution in [-0.2, 0) is 4.79 Å². The van der Waals surface area contributed by atoms with Crippen LogP contribution in [0.15, 0.2) is 36.5 Å². The van der Waals surface area contributed by atoms with Gasteiger partial charge in [-0.1, -0.05) is 12.1 Å². The van der Waals surface area contributed by atoms with Crippen LogP contribution >= 0.6 is 0 Å². The van der Waals surface area contributed by atoms with Gasteiger partial charge in [0.25, 0.3) is 5.91 Å². The molecule has 1 aliphatic heterocycles. The molecule has 1 unspecified atom stereocenters. The topological polar surface area (TPSA) is 70.5 Å². The highest BCUT2D eigenvalue weighted by Crippen LogP contribution is 2.32. The smallest absolute Gasteiger partial charge is 0.329 e. The monoisotopic (exact) mass is 284 g/mol. The van der Waals surface area contributed by atoms with Gasteiger partial charge in [-0.2, -0.15) is 0 Å². The van der Waals surface area contributed by atoms with Crippen LogP contribution in [-0.4, -0.2) is 39.0 Å². The van der Waals surface area contributed by atoms with E-state index in [4.69, 9.17) is 0 Å². The summed E-state index contributed by atoms with van der Waals surface area (Å²) in [6.45, 7) is 2.09. The van der Waals surface area contributed by atoms with Crippen LogP contribution in [0.1, 0.15) is 30.1 Å². The number of hydrogen-bond donors (Lipinski definition) is 1. The number of likely N-dealkylation sites (tertiary alicyclic amines) is 1. The fourth-order valence-corrected chi connectivity index (χ4v) is 2.95. The normalized spacial score (nSPS) is 21.7. The number of aromatic nitrogens is 1. The van der Waals surface area contributed by atoms with Gasteiger partial charge in [-0.25, -0.2) is 4.79 Å². The van der Waals surface area contributed by atoms with Crippen LogP contribution in [0.25, 0.3) is 10.9 Å². The molecule has 1 N–H and O–H groups in total. The zero-order valence-electron chi connectivity index (χ0n) is 11.7. The maximum Gasteiger partial charge on any atom is 0.329 e. The molecule has 1 atom stereocenters. The molecule has 3 rings (SSSR count). The van der Waals surface area contributed by atoms with Crippen molar-refractivity contribution in [2.24, 2.45) is 0 Å². The van der Waals surface area contributed by atoms with E-state index in [-0.39, 0.29) is 5.91 Å². The Kier molecular flexibility index (Phi) is 3.12. The molecule has 0 bridgehead atoms. The average molecular weight is 284 g/mol. The zero-order chi connectivity index (χ0) is 15.0. The number of fused-ring (bicyclic) bond motifs is 1. The first-order chi connectivity index (χ1) is 10.0. The van der Waals surface area contributed by atoms with Gasteiger partial charge in [-0.15, -0.1) is 0 Å². The number of carbonyl (C=O) groups excluding carboxylic acids is 1. The maximum absolute atomic E-state index is 12.8. The molecule has 1 amide bonds. The van der Waals surface area contributed by atoms with Gasteiger partial charge in [0.2, 0.25) is 0 Å². The molecule has 0 aliphatic carbocycles. The first-order valence-electron chi connectivity index (χ1n) is 6.93. The molecular weight excluding hydrogens is 268 g/mol. The third kappa shape index (κ3) is 2.05. The zero-order valence-corrected chi connectivity index (χ0v) is 11.7. The van der Waals surface area contributed by atoms with E-state index in [1.54, 1.807) is 31.3 Å². The van der Waals surface area contributed by atoms with Crippen molar-refractivity contribution < 1.29 is 14.7 Å². The van der Waals surface area contributed by atoms with Crippen molar-refractivity contribution in [1.29, 1.82) is 0 Å². The predicted octanol–water partition coefficient (Wildman–Crippen LogP) is 2.31. The largest absolute Gasteiger partial charge is 0.480 e. The third-order valence-corrected chi connectivity index (χ3v) is 4.22. The van der Waals surface area contributed by atoms with Gasteiger partial charge in [-0.05, 0) is 38.0 Å². The molecule has 0 saturated carbocycles. The summed E-state index contributed by atoms with van der Waals surface area (Å²) in [7, 11) is 0. The molecule has 21 heavy (non-hydrogen) atoms. The second kappa shape index (κ2) is 4.84. The van der Waals surface area contributed by atoms with Crippen molar-refractivity contribution in [2.45, 2.75) is 25.3 Å². The molecule has 2 heterocycles. The van der Waals surface area contributed by atoms with E-state index < -0.39 is 11.5 Å². The molecule has 1 aromatic heterocycles. The maximum atomic E-state index is 12.8. The Hall–Kier alpha value is -2.43. The van der Waals surface area contributed by atoms with E-state index >= 15 is 0 Å². The fraction of sp³-hybridized carbons (Fsp3) is 0.312. The van der Waals surface area contributed by atoms with E-state index in [1.807, 2.05) is 12.1 Å². The number of hydrogen-bond acceptors (Lipinski definition) is 3. The van der Waals surface area contributed by atoms with Crippen molar-refractivity contribution in [1.82, 2.24) is 9.88 Å². The van der Waals surface area contributed by atoms with E-state index in [0.29, 0.717) is 24.9 Å². The summed E-state index contributed by atoms with van der Waals surface area (Å²) in [4.78, 5) is 30.0. The van der Waals surface area contributed by atoms with E-state index in [9.17, 15) is 14.7 Å². The first-order valence-corrected chi connectivity index (χ1v) is 6.93. The number of nitrogens with zero attached hydrogens (tertiary/aromatic N) is 2. The summed E-state index contributed by atoms with van der Waals surface area (Å²) in [6.07, 6.45) is 2.86. The molecular formula is C16H16N2O3. The second-order valence-corrected chi connectivity index (χ2v) is 5.52. The highest BCUT2D eigenvalue weighted by atomic mass is 16.4. The summed E-state index contributed by atoms with van der Waals surface area (Å²) >= 11 is 0. The molecule has 0 radical (unpaired) electrons. The van der Waals surface area contributed by atoms with Crippen LogP contribution in [0.3, 0.4) is 0 Å². The lowest BCUT2D eigenvalue weighted by Crippen LogP contribution is -2.50. The van der Waals surface area contributed by atoms with Crippen LogP contribution in [0.4, 0.5) is 0 Å². The van der Waals surface area contributed by atoms with Gasteiger partial charge in [0.05, 0.1) is 5.52 Å². The Balaban J connectivity index is 2.07. The number of carboxylic acid groups (broad SMARTS) is 1. The fourth-order valence-electron chi connectivity index (χ4n) is 2.95. The lowest BCUT2D eigenvalue weighted by Gasteiger charge is -2.31. The summed E-state index contributed by atoms with van der Waals surface area (Å²) in [6, 6.07) is 8.96. The van der Waals surface area contributed by atoms with Crippen molar-refractivity contribution in [3.05, 3.63) is 42.1 Å². The quantitative estimate of drug-likeness (QED) is 0.918. The Bertz CT molecular complexity index is 723. The molecule has 108 valence electrons. The van der Waals surface area contributed by atoms with E-state index in [2.05, 4.69) is 4.98 Å². The number of benzene rings is 1. The average Bonchev–Trinajstić information content (AvgIpc) is 2.89. The summed E-state index contributed by atoms with van der Waals surface area (Å²) in [5.74, 6) is -1.19. The SMILES string of the molecule is CC1(C(=O)O)CCCN1C(=O)c1cccc2ncccc12. The van der Waals surface area contributed by atoms with Crippen LogP contribution in [0, 0.1) is 0 Å². The Morgan fingerprint density at radius 2 is 2.10 bits per heavy atom. The Morgan fingerprint density at radius 1 is 1.29 bits per heavy atom. The second-order valence-electron chi connectivity index (χ2n) is 5.52. The molecule has 1 fully saturated rings. The van der Waals surface area contributed by atoms with Gasteiger partial charge in [0.1, 0.15) is 5.54 Å². The highest BCUT2D eigenvalue weighted by Gasteiger charge is 2.46. The number of aliphatic carboxylic acids is 1. The molecule has 5 heteroatoms. The highest BCUT2D eigenvalue weighted by molar-refractivity contribution is 6.07. The molecule has 0 spiro atoms. The van der Waals surface area contributed by atoms with Crippen LogP contribution in [0.2, 0.25) is 0 Å². The van der Waals surface area contributed by atoms with Crippen molar-refractivity contribution in [3.63, 3.8) is 0 Å².